The molecule has 202 valence electrons. The molecule has 0 radical (unpaired) electrons. The van der Waals surface area contributed by atoms with E-state index in [-0.39, 0.29) is 22.4 Å². The van der Waals surface area contributed by atoms with Gasteiger partial charge in [-0.2, -0.15) is 0 Å². The van der Waals surface area contributed by atoms with Gasteiger partial charge in [0.2, 0.25) is 10.0 Å². The highest BCUT2D eigenvalue weighted by atomic mass is 32.2. The van der Waals surface area contributed by atoms with E-state index in [0.29, 0.717) is 54.0 Å². The topological polar surface area (TPSA) is 133 Å². The molecule has 4 rings (SSSR count). The normalized spacial score (nSPS) is 14.2. The number of carboxylic acid groups (broad SMARTS) is 2. The van der Waals surface area contributed by atoms with Crippen LogP contribution in [0.3, 0.4) is 0 Å². The van der Waals surface area contributed by atoms with Crippen molar-refractivity contribution < 1.29 is 33.0 Å². The van der Waals surface area contributed by atoms with Crippen LogP contribution in [-0.4, -0.2) is 62.1 Å². The molecule has 0 bridgehead atoms. The van der Waals surface area contributed by atoms with E-state index in [1.807, 2.05) is 30.3 Å². The second-order valence-electron chi connectivity index (χ2n) is 9.08. The Kier molecular flexibility index (Phi) is 8.70. The predicted octanol–water partition coefficient (Wildman–Crippen LogP) is 4.02. The van der Waals surface area contributed by atoms with Gasteiger partial charge in [0.25, 0.3) is 0 Å². The summed E-state index contributed by atoms with van der Waals surface area (Å²) in [5, 5.41) is 22.0. The van der Waals surface area contributed by atoms with Gasteiger partial charge in [0.1, 0.15) is 5.75 Å². The molecule has 11 heteroatoms. The fourth-order valence-corrected chi connectivity index (χ4v) is 7.51. The van der Waals surface area contributed by atoms with E-state index in [9.17, 15) is 23.1 Å². The molecule has 0 saturated carbocycles. The molecule has 0 unspecified atom stereocenters. The van der Waals surface area contributed by atoms with Crippen molar-refractivity contribution in [3.63, 3.8) is 0 Å². The van der Waals surface area contributed by atoms with Crippen LogP contribution in [-0.2, 0) is 21.2 Å². The largest absolute Gasteiger partial charge is 0.480 e. The first-order chi connectivity index (χ1) is 18.2. The molecule has 3 N–H and O–H groups in total. The summed E-state index contributed by atoms with van der Waals surface area (Å²) < 4.78 is 34.4. The second kappa shape index (κ2) is 12.0. The monoisotopic (exact) mass is 558 g/mol. The van der Waals surface area contributed by atoms with Crippen LogP contribution in [0.15, 0.2) is 54.6 Å². The first kappa shape index (κ1) is 27.6. The SMILES string of the molecule is Cc1c(-c2cccc(N(C3CCNCC3)S(=O)(=O)CCc3ccccc3)c2)sc(C(=O)O)c1OCC(=O)O. The summed E-state index contributed by atoms with van der Waals surface area (Å²) in [4.78, 5) is 23.3. The summed E-state index contributed by atoms with van der Waals surface area (Å²) in [6.45, 7) is 2.43. The molecular formula is C27H30N2O7S2. The number of aliphatic carboxylic acids is 1. The number of nitrogens with zero attached hydrogens (tertiary/aromatic N) is 1. The lowest BCUT2D eigenvalue weighted by atomic mass is 10.0. The lowest BCUT2D eigenvalue weighted by molar-refractivity contribution is -0.139. The van der Waals surface area contributed by atoms with Crippen molar-refractivity contribution in [1.82, 2.24) is 5.32 Å². The zero-order chi connectivity index (χ0) is 27.3. The predicted molar refractivity (Wildman–Crippen MR) is 147 cm³/mol. The van der Waals surface area contributed by atoms with Gasteiger partial charge in [-0.1, -0.05) is 42.5 Å². The van der Waals surface area contributed by atoms with E-state index < -0.39 is 28.6 Å². The van der Waals surface area contributed by atoms with Crippen molar-refractivity contribution in [3.05, 3.63) is 70.6 Å². The Labute approximate surface area is 225 Å². The number of rotatable bonds is 11. The lowest BCUT2D eigenvalue weighted by Crippen LogP contribution is -2.47. The summed E-state index contributed by atoms with van der Waals surface area (Å²) in [6.07, 6.45) is 1.73. The van der Waals surface area contributed by atoms with E-state index in [1.165, 1.54) is 4.31 Å². The van der Waals surface area contributed by atoms with Crippen LogP contribution in [0.4, 0.5) is 5.69 Å². The van der Waals surface area contributed by atoms with Crippen molar-refractivity contribution in [3.8, 4) is 16.2 Å². The molecule has 1 fully saturated rings. The van der Waals surface area contributed by atoms with Gasteiger partial charge in [0.05, 0.1) is 11.4 Å². The Bertz CT molecular complexity index is 1400. The van der Waals surface area contributed by atoms with E-state index in [4.69, 9.17) is 9.84 Å². The number of carboxylic acids is 2. The van der Waals surface area contributed by atoms with Gasteiger partial charge in [-0.25, -0.2) is 18.0 Å². The Morgan fingerprint density at radius 2 is 1.79 bits per heavy atom. The van der Waals surface area contributed by atoms with Gasteiger partial charge in [-0.3, -0.25) is 4.31 Å². The standard InChI is InChI=1S/C27H30N2O7S2/c1-18-24(36-17-23(30)31)26(27(32)33)37-25(18)20-8-5-9-22(16-20)29(21-10-13-28-14-11-21)38(34,35)15-12-19-6-3-2-4-7-19/h2-9,16,21,28H,10-15,17H2,1H3,(H,30,31)(H,32,33). The molecule has 1 saturated heterocycles. The average Bonchev–Trinajstić information content (AvgIpc) is 3.24. The van der Waals surface area contributed by atoms with Crippen molar-refractivity contribution in [2.75, 3.05) is 29.8 Å². The van der Waals surface area contributed by atoms with Gasteiger partial charge < -0.3 is 20.3 Å². The molecular weight excluding hydrogens is 528 g/mol. The molecule has 0 amide bonds. The van der Waals surface area contributed by atoms with E-state index in [1.54, 1.807) is 31.2 Å². The third kappa shape index (κ3) is 6.35. The van der Waals surface area contributed by atoms with Gasteiger partial charge in [-0.15, -0.1) is 11.3 Å². The first-order valence-corrected chi connectivity index (χ1v) is 14.7. The number of thiophene rings is 1. The molecule has 3 aromatic rings. The maximum atomic E-state index is 13.8. The van der Waals surface area contributed by atoms with Crippen molar-refractivity contribution in [2.24, 2.45) is 0 Å². The highest BCUT2D eigenvalue weighted by Crippen LogP contribution is 2.42. The smallest absolute Gasteiger partial charge is 0.349 e. The summed E-state index contributed by atoms with van der Waals surface area (Å²) >= 11 is 0.975. The highest BCUT2D eigenvalue weighted by Gasteiger charge is 2.32. The van der Waals surface area contributed by atoms with Crippen LogP contribution in [0.2, 0.25) is 0 Å². The number of ether oxygens (including phenoxy) is 1. The molecule has 1 aromatic heterocycles. The van der Waals surface area contributed by atoms with E-state index in [0.717, 1.165) is 16.9 Å². The maximum absolute atomic E-state index is 13.8. The third-order valence-corrected chi connectivity index (χ3v) is 9.56. The first-order valence-electron chi connectivity index (χ1n) is 12.3. The van der Waals surface area contributed by atoms with Gasteiger partial charge >= 0.3 is 11.9 Å². The average molecular weight is 559 g/mol. The van der Waals surface area contributed by atoms with Gasteiger partial charge in [-0.05, 0) is 62.5 Å². The van der Waals surface area contributed by atoms with Crippen molar-refractivity contribution >= 4 is 39.0 Å². The molecule has 2 heterocycles. The summed E-state index contributed by atoms with van der Waals surface area (Å²) in [6, 6.07) is 16.3. The minimum absolute atomic E-state index is 0.0102. The summed E-state index contributed by atoms with van der Waals surface area (Å²) in [5.74, 6) is -2.47. The van der Waals surface area contributed by atoms with Crippen LogP contribution in [0.1, 0.15) is 33.6 Å². The zero-order valence-electron chi connectivity index (χ0n) is 20.9. The van der Waals surface area contributed by atoms with Gasteiger partial charge in [0, 0.05) is 16.5 Å². The number of aromatic carboxylic acids is 1. The molecule has 1 aliphatic rings. The number of benzene rings is 2. The molecule has 2 aromatic carbocycles. The third-order valence-electron chi connectivity index (χ3n) is 6.42. The number of hydrogen-bond donors (Lipinski definition) is 3. The number of anilines is 1. The molecule has 0 aliphatic carbocycles. The highest BCUT2D eigenvalue weighted by molar-refractivity contribution is 7.92. The lowest BCUT2D eigenvalue weighted by Gasteiger charge is -2.35. The second-order valence-corrected chi connectivity index (χ2v) is 12.1. The number of hydrogen-bond acceptors (Lipinski definition) is 7. The van der Waals surface area contributed by atoms with Crippen molar-refractivity contribution in [1.29, 1.82) is 0 Å². The van der Waals surface area contributed by atoms with Crippen LogP contribution >= 0.6 is 11.3 Å². The number of nitrogens with one attached hydrogen (secondary N) is 1. The molecule has 1 aliphatic heterocycles. The Morgan fingerprint density at radius 1 is 1.08 bits per heavy atom. The summed E-state index contributed by atoms with van der Waals surface area (Å²) in [5.41, 5.74) is 2.58. The van der Waals surface area contributed by atoms with E-state index in [2.05, 4.69) is 5.32 Å². The Morgan fingerprint density at radius 3 is 2.45 bits per heavy atom. The van der Waals surface area contributed by atoms with Crippen LogP contribution in [0, 0.1) is 6.92 Å². The van der Waals surface area contributed by atoms with Crippen LogP contribution < -0.4 is 14.4 Å². The zero-order valence-corrected chi connectivity index (χ0v) is 22.6. The minimum atomic E-state index is -3.69. The van der Waals surface area contributed by atoms with E-state index >= 15 is 0 Å². The fourth-order valence-electron chi connectivity index (χ4n) is 4.64. The van der Waals surface area contributed by atoms with Gasteiger partial charge in [0.15, 0.2) is 11.5 Å². The quantitative estimate of drug-likeness (QED) is 0.321. The molecule has 0 spiro atoms. The maximum Gasteiger partial charge on any atom is 0.349 e. The molecule has 38 heavy (non-hydrogen) atoms. The van der Waals surface area contributed by atoms with Crippen LogP contribution in [0.25, 0.3) is 10.4 Å². The van der Waals surface area contributed by atoms with Crippen molar-refractivity contribution in [2.45, 2.75) is 32.2 Å². The number of sulfonamides is 1. The summed E-state index contributed by atoms with van der Waals surface area (Å²) in [7, 11) is -3.69. The minimum Gasteiger partial charge on any atom is -0.480 e. The molecule has 9 nitrogen and oxygen atoms in total. The Balaban J connectivity index is 1.71. The molecule has 0 atom stereocenters. The van der Waals surface area contributed by atoms with Crippen LogP contribution in [0.5, 0.6) is 5.75 Å². The Hall–Kier alpha value is -3.41. The number of aryl methyl sites for hydroxylation is 1. The fraction of sp³-hybridized carbons (Fsp3) is 0.333. The number of carbonyl (C=O) groups is 2. The number of piperidine rings is 1.